The molecule has 3 N–H and O–H groups in total. The van der Waals surface area contributed by atoms with E-state index in [4.69, 9.17) is 10.5 Å². The van der Waals surface area contributed by atoms with Crippen molar-refractivity contribution in [3.05, 3.63) is 29.8 Å². The lowest BCUT2D eigenvalue weighted by Crippen LogP contribution is -2.23. The van der Waals surface area contributed by atoms with Crippen LogP contribution in [0, 0.1) is 5.92 Å². The van der Waals surface area contributed by atoms with Crippen molar-refractivity contribution in [3.63, 3.8) is 0 Å². The SMILES string of the molecule is NCCCC(=O)NCc1ccccc1OCC1CC1. The van der Waals surface area contributed by atoms with E-state index in [0.717, 1.165) is 30.3 Å². The molecule has 1 aromatic carbocycles. The Morgan fingerprint density at radius 2 is 2.16 bits per heavy atom. The van der Waals surface area contributed by atoms with E-state index in [9.17, 15) is 4.79 Å². The number of carbonyl (C=O) groups excluding carboxylic acids is 1. The van der Waals surface area contributed by atoms with Crippen molar-refractivity contribution in [2.75, 3.05) is 13.2 Å². The normalized spacial score (nSPS) is 14.2. The Kier molecular flexibility index (Phi) is 5.21. The van der Waals surface area contributed by atoms with Crippen molar-refractivity contribution in [2.24, 2.45) is 11.7 Å². The Bertz CT molecular complexity index is 416. The summed E-state index contributed by atoms with van der Waals surface area (Å²) < 4.78 is 5.80. The molecule has 0 radical (unpaired) electrons. The average Bonchev–Trinajstić information content (AvgIpc) is 3.25. The number of hydrogen-bond acceptors (Lipinski definition) is 3. The van der Waals surface area contributed by atoms with Crippen molar-refractivity contribution in [1.82, 2.24) is 5.32 Å². The topological polar surface area (TPSA) is 64.4 Å². The van der Waals surface area contributed by atoms with E-state index in [-0.39, 0.29) is 5.91 Å². The number of carbonyl (C=O) groups is 1. The summed E-state index contributed by atoms with van der Waals surface area (Å²) in [6.45, 7) is 1.86. The Morgan fingerprint density at radius 1 is 1.37 bits per heavy atom. The molecule has 1 aliphatic rings. The van der Waals surface area contributed by atoms with Gasteiger partial charge in [-0.25, -0.2) is 0 Å². The lowest BCUT2D eigenvalue weighted by atomic mass is 10.2. The van der Waals surface area contributed by atoms with Gasteiger partial charge in [-0.3, -0.25) is 4.79 Å². The molecule has 1 amide bonds. The number of benzene rings is 1. The fourth-order valence-corrected chi connectivity index (χ4v) is 1.83. The second kappa shape index (κ2) is 7.14. The molecular formula is C15H22N2O2. The van der Waals surface area contributed by atoms with Gasteiger partial charge in [0.1, 0.15) is 5.75 Å². The summed E-state index contributed by atoms with van der Waals surface area (Å²) >= 11 is 0. The zero-order valence-electron chi connectivity index (χ0n) is 11.2. The van der Waals surface area contributed by atoms with Gasteiger partial charge < -0.3 is 15.8 Å². The molecule has 4 heteroatoms. The second-order valence-electron chi connectivity index (χ2n) is 5.03. The average molecular weight is 262 g/mol. The number of para-hydroxylation sites is 1. The highest BCUT2D eigenvalue weighted by atomic mass is 16.5. The highest BCUT2D eigenvalue weighted by Gasteiger charge is 2.22. The molecule has 0 unspecified atom stereocenters. The van der Waals surface area contributed by atoms with Crippen LogP contribution in [0.15, 0.2) is 24.3 Å². The summed E-state index contributed by atoms with van der Waals surface area (Å²) in [4.78, 5) is 11.6. The van der Waals surface area contributed by atoms with Crippen LogP contribution in [0.5, 0.6) is 5.75 Å². The maximum atomic E-state index is 11.6. The third-order valence-electron chi connectivity index (χ3n) is 3.23. The van der Waals surface area contributed by atoms with Gasteiger partial charge in [0.15, 0.2) is 0 Å². The molecule has 19 heavy (non-hydrogen) atoms. The first-order chi connectivity index (χ1) is 9.29. The van der Waals surface area contributed by atoms with Crippen LogP contribution in [0.25, 0.3) is 0 Å². The summed E-state index contributed by atoms with van der Waals surface area (Å²) in [6, 6.07) is 7.88. The van der Waals surface area contributed by atoms with Crippen molar-refractivity contribution >= 4 is 5.91 Å². The maximum absolute atomic E-state index is 11.6. The minimum atomic E-state index is 0.0439. The Morgan fingerprint density at radius 3 is 2.89 bits per heavy atom. The molecule has 0 aromatic heterocycles. The number of hydrogen-bond donors (Lipinski definition) is 2. The summed E-state index contributed by atoms with van der Waals surface area (Å²) in [5.74, 6) is 1.66. The lowest BCUT2D eigenvalue weighted by molar-refractivity contribution is -0.121. The third kappa shape index (κ3) is 4.91. The van der Waals surface area contributed by atoms with Crippen LogP contribution >= 0.6 is 0 Å². The Balaban J connectivity index is 1.82. The van der Waals surface area contributed by atoms with Crippen LogP contribution in [-0.4, -0.2) is 19.1 Å². The predicted molar refractivity (Wildman–Crippen MR) is 74.8 cm³/mol. The first-order valence-corrected chi connectivity index (χ1v) is 6.97. The van der Waals surface area contributed by atoms with Crippen LogP contribution in [-0.2, 0) is 11.3 Å². The summed E-state index contributed by atoms with van der Waals surface area (Å²) in [5, 5.41) is 2.90. The van der Waals surface area contributed by atoms with E-state index in [1.165, 1.54) is 12.8 Å². The van der Waals surface area contributed by atoms with Gasteiger partial charge in [-0.1, -0.05) is 18.2 Å². The van der Waals surface area contributed by atoms with E-state index in [1.807, 2.05) is 24.3 Å². The van der Waals surface area contributed by atoms with Crippen molar-refractivity contribution in [3.8, 4) is 5.75 Å². The van der Waals surface area contributed by atoms with Gasteiger partial charge >= 0.3 is 0 Å². The van der Waals surface area contributed by atoms with Crippen molar-refractivity contribution in [1.29, 1.82) is 0 Å². The van der Waals surface area contributed by atoms with E-state index < -0.39 is 0 Å². The molecule has 1 aromatic rings. The Labute approximate surface area is 114 Å². The number of ether oxygens (including phenoxy) is 1. The zero-order chi connectivity index (χ0) is 13.5. The lowest BCUT2D eigenvalue weighted by Gasteiger charge is -2.12. The van der Waals surface area contributed by atoms with Crippen molar-refractivity contribution < 1.29 is 9.53 Å². The first-order valence-electron chi connectivity index (χ1n) is 6.97. The summed E-state index contributed by atoms with van der Waals surface area (Å²) in [5.41, 5.74) is 6.41. The number of amides is 1. The maximum Gasteiger partial charge on any atom is 0.220 e. The fraction of sp³-hybridized carbons (Fsp3) is 0.533. The molecule has 0 heterocycles. The molecule has 1 saturated carbocycles. The predicted octanol–water partition coefficient (Wildman–Crippen LogP) is 1.83. The van der Waals surface area contributed by atoms with Crippen LogP contribution in [0.3, 0.4) is 0 Å². The molecule has 0 aliphatic heterocycles. The molecule has 1 aliphatic carbocycles. The van der Waals surface area contributed by atoms with Gasteiger partial charge in [0, 0.05) is 18.5 Å². The van der Waals surface area contributed by atoms with E-state index in [2.05, 4.69) is 5.32 Å². The molecule has 2 rings (SSSR count). The second-order valence-corrected chi connectivity index (χ2v) is 5.03. The third-order valence-corrected chi connectivity index (χ3v) is 3.23. The molecule has 0 bridgehead atoms. The van der Waals surface area contributed by atoms with Gasteiger partial charge in [0.2, 0.25) is 5.91 Å². The number of rotatable bonds is 8. The van der Waals surface area contributed by atoms with Crippen LogP contribution < -0.4 is 15.8 Å². The molecular weight excluding hydrogens is 240 g/mol. The molecule has 104 valence electrons. The van der Waals surface area contributed by atoms with Crippen LogP contribution in [0.1, 0.15) is 31.2 Å². The van der Waals surface area contributed by atoms with Gasteiger partial charge in [0.05, 0.1) is 6.61 Å². The molecule has 1 fully saturated rings. The van der Waals surface area contributed by atoms with E-state index >= 15 is 0 Å². The smallest absolute Gasteiger partial charge is 0.220 e. The van der Waals surface area contributed by atoms with Crippen LogP contribution in [0.2, 0.25) is 0 Å². The fourth-order valence-electron chi connectivity index (χ4n) is 1.83. The number of nitrogens with one attached hydrogen (secondary N) is 1. The first kappa shape index (κ1) is 13.9. The van der Waals surface area contributed by atoms with Crippen LogP contribution in [0.4, 0.5) is 0 Å². The molecule has 0 spiro atoms. The van der Waals surface area contributed by atoms with Gasteiger partial charge in [-0.2, -0.15) is 0 Å². The zero-order valence-corrected chi connectivity index (χ0v) is 11.2. The monoisotopic (exact) mass is 262 g/mol. The number of nitrogens with two attached hydrogens (primary N) is 1. The molecule has 0 atom stereocenters. The molecule has 0 saturated heterocycles. The van der Waals surface area contributed by atoms with Gasteiger partial charge in [-0.05, 0) is 37.8 Å². The van der Waals surface area contributed by atoms with Gasteiger partial charge in [0.25, 0.3) is 0 Å². The minimum Gasteiger partial charge on any atom is -0.493 e. The highest BCUT2D eigenvalue weighted by molar-refractivity contribution is 5.75. The summed E-state index contributed by atoms with van der Waals surface area (Å²) in [7, 11) is 0. The molecule has 4 nitrogen and oxygen atoms in total. The van der Waals surface area contributed by atoms with E-state index in [0.29, 0.717) is 19.5 Å². The standard InChI is InChI=1S/C15H22N2O2/c16-9-3-6-15(18)17-10-13-4-1-2-5-14(13)19-11-12-7-8-12/h1-2,4-5,12H,3,6-11,16H2,(H,17,18). The minimum absolute atomic E-state index is 0.0439. The van der Waals surface area contributed by atoms with Gasteiger partial charge in [-0.15, -0.1) is 0 Å². The largest absolute Gasteiger partial charge is 0.493 e. The van der Waals surface area contributed by atoms with Crippen molar-refractivity contribution in [2.45, 2.75) is 32.2 Å². The quantitative estimate of drug-likeness (QED) is 0.751. The summed E-state index contributed by atoms with van der Waals surface area (Å²) in [6.07, 6.45) is 3.77. The van der Waals surface area contributed by atoms with E-state index in [1.54, 1.807) is 0 Å². The Hall–Kier alpha value is -1.55. The highest BCUT2D eigenvalue weighted by Crippen LogP contribution is 2.30.